The Balaban J connectivity index is 2.19. The van der Waals surface area contributed by atoms with Crippen LogP contribution in [0.4, 0.5) is 0 Å². The fourth-order valence-corrected chi connectivity index (χ4v) is 2.19. The van der Waals surface area contributed by atoms with Crippen LogP contribution in [0.5, 0.6) is 11.5 Å². The van der Waals surface area contributed by atoms with Crippen LogP contribution < -0.4 is 9.47 Å². The minimum absolute atomic E-state index is 0.234. The summed E-state index contributed by atoms with van der Waals surface area (Å²) in [6.45, 7) is 0.234. The van der Waals surface area contributed by atoms with Crippen LogP contribution in [0.15, 0.2) is 36.4 Å². The highest BCUT2D eigenvalue weighted by Crippen LogP contribution is 2.31. The van der Waals surface area contributed by atoms with Crippen molar-refractivity contribution < 1.29 is 14.3 Å². The molecule has 0 bridgehead atoms. The van der Waals surface area contributed by atoms with Crippen molar-refractivity contribution in [1.29, 1.82) is 0 Å². The predicted molar refractivity (Wildman–Crippen MR) is 79.2 cm³/mol. The molecule has 2 aromatic rings. The first-order chi connectivity index (χ1) is 9.67. The number of hydrogen-bond acceptors (Lipinski definition) is 3. The van der Waals surface area contributed by atoms with Gasteiger partial charge in [-0.1, -0.05) is 41.4 Å². The standard InChI is InChI=1S/C15H12Cl2O3/c1-19-12-6-3-5-11(15(12)17)9-20-13-7-2-4-10(8-18)14(13)16/h2-8H,9H2,1H3. The molecule has 0 radical (unpaired) electrons. The third-order valence-corrected chi connectivity index (χ3v) is 3.60. The molecular weight excluding hydrogens is 299 g/mol. The molecule has 0 fully saturated rings. The molecule has 0 atom stereocenters. The molecule has 0 heterocycles. The van der Waals surface area contributed by atoms with Gasteiger partial charge < -0.3 is 9.47 Å². The van der Waals surface area contributed by atoms with Crippen LogP contribution in [0.25, 0.3) is 0 Å². The van der Waals surface area contributed by atoms with Crippen LogP contribution in [0.3, 0.4) is 0 Å². The molecule has 0 unspecified atom stereocenters. The highest BCUT2D eigenvalue weighted by molar-refractivity contribution is 6.34. The zero-order valence-electron chi connectivity index (χ0n) is 10.7. The maximum Gasteiger partial charge on any atom is 0.151 e. The summed E-state index contributed by atoms with van der Waals surface area (Å²) in [5, 5.41) is 0.791. The third-order valence-electron chi connectivity index (χ3n) is 2.77. The summed E-state index contributed by atoms with van der Waals surface area (Å²) < 4.78 is 10.8. The zero-order chi connectivity index (χ0) is 14.5. The summed E-state index contributed by atoms with van der Waals surface area (Å²) in [7, 11) is 1.55. The van der Waals surface area contributed by atoms with Gasteiger partial charge in [0, 0.05) is 11.1 Å². The molecule has 0 spiro atoms. The number of rotatable bonds is 5. The van der Waals surface area contributed by atoms with Crippen molar-refractivity contribution in [3.63, 3.8) is 0 Å². The van der Waals surface area contributed by atoms with Gasteiger partial charge in [-0.15, -0.1) is 0 Å². The maximum absolute atomic E-state index is 10.8. The molecule has 20 heavy (non-hydrogen) atoms. The summed E-state index contributed by atoms with van der Waals surface area (Å²) in [4.78, 5) is 10.8. The van der Waals surface area contributed by atoms with Gasteiger partial charge in [0.1, 0.15) is 18.1 Å². The van der Waals surface area contributed by atoms with Gasteiger partial charge in [0.05, 0.1) is 17.2 Å². The van der Waals surface area contributed by atoms with Gasteiger partial charge in [-0.05, 0) is 18.2 Å². The van der Waals surface area contributed by atoms with Crippen molar-refractivity contribution in [2.75, 3.05) is 7.11 Å². The van der Waals surface area contributed by atoms with E-state index in [1.165, 1.54) is 0 Å². The van der Waals surface area contributed by atoms with Crippen molar-refractivity contribution >= 4 is 29.5 Å². The molecule has 0 aromatic heterocycles. The van der Waals surface area contributed by atoms with Crippen LogP contribution in [0.2, 0.25) is 10.0 Å². The first-order valence-corrected chi connectivity index (χ1v) is 6.61. The third kappa shape index (κ3) is 3.06. The molecule has 5 heteroatoms. The minimum atomic E-state index is 0.234. The van der Waals surface area contributed by atoms with Gasteiger partial charge in [-0.25, -0.2) is 0 Å². The number of ether oxygens (including phenoxy) is 2. The number of carbonyl (C=O) groups excluding carboxylic acids is 1. The van der Waals surface area contributed by atoms with Crippen LogP contribution in [-0.2, 0) is 6.61 Å². The van der Waals surface area contributed by atoms with Crippen molar-refractivity contribution in [2.45, 2.75) is 6.61 Å². The first kappa shape index (κ1) is 14.7. The molecule has 0 aliphatic carbocycles. The van der Waals surface area contributed by atoms with E-state index in [4.69, 9.17) is 32.7 Å². The Kier molecular flexibility index (Phi) is 4.88. The molecule has 0 amide bonds. The van der Waals surface area contributed by atoms with Crippen LogP contribution >= 0.6 is 23.2 Å². The molecule has 104 valence electrons. The molecule has 3 nitrogen and oxygen atoms in total. The lowest BCUT2D eigenvalue weighted by molar-refractivity contribution is 0.112. The Labute approximate surface area is 127 Å². The average molecular weight is 311 g/mol. The van der Waals surface area contributed by atoms with Crippen LogP contribution in [0, 0.1) is 0 Å². The van der Waals surface area contributed by atoms with Crippen LogP contribution in [0.1, 0.15) is 15.9 Å². The molecule has 2 aromatic carbocycles. The van der Waals surface area contributed by atoms with Gasteiger partial charge in [0.25, 0.3) is 0 Å². The molecule has 0 aliphatic rings. The maximum atomic E-state index is 10.8. The zero-order valence-corrected chi connectivity index (χ0v) is 12.2. The largest absolute Gasteiger partial charge is 0.495 e. The predicted octanol–water partition coefficient (Wildman–Crippen LogP) is 4.39. The lowest BCUT2D eigenvalue weighted by atomic mass is 10.2. The highest BCUT2D eigenvalue weighted by Gasteiger charge is 2.10. The SMILES string of the molecule is COc1cccc(COc2cccc(C=O)c2Cl)c1Cl. The Morgan fingerprint density at radius 2 is 1.75 bits per heavy atom. The molecular formula is C15H12Cl2O3. The van der Waals surface area contributed by atoms with E-state index in [-0.39, 0.29) is 6.61 Å². The van der Waals surface area contributed by atoms with E-state index in [9.17, 15) is 4.79 Å². The van der Waals surface area contributed by atoms with E-state index in [0.717, 1.165) is 5.56 Å². The van der Waals surface area contributed by atoms with E-state index in [2.05, 4.69) is 0 Å². The first-order valence-electron chi connectivity index (χ1n) is 5.85. The Bertz CT molecular complexity index is 627. The van der Waals surface area contributed by atoms with E-state index < -0.39 is 0 Å². The topological polar surface area (TPSA) is 35.5 Å². The second-order valence-electron chi connectivity index (χ2n) is 4.00. The Morgan fingerprint density at radius 1 is 1.05 bits per heavy atom. The van der Waals surface area contributed by atoms with E-state index in [1.807, 2.05) is 12.1 Å². The number of halogens is 2. The van der Waals surface area contributed by atoms with Gasteiger partial charge in [-0.3, -0.25) is 4.79 Å². The quantitative estimate of drug-likeness (QED) is 0.768. The van der Waals surface area contributed by atoms with Crippen molar-refractivity contribution in [3.8, 4) is 11.5 Å². The number of methoxy groups -OCH3 is 1. The summed E-state index contributed by atoms with van der Waals surface area (Å²) in [5.41, 5.74) is 1.17. The Morgan fingerprint density at radius 3 is 2.45 bits per heavy atom. The van der Waals surface area contributed by atoms with E-state index >= 15 is 0 Å². The van der Waals surface area contributed by atoms with Crippen molar-refractivity contribution in [2.24, 2.45) is 0 Å². The summed E-state index contributed by atoms with van der Waals surface area (Å²) in [6, 6.07) is 10.5. The number of benzene rings is 2. The number of carbonyl (C=O) groups is 1. The molecule has 0 saturated carbocycles. The molecule has 0 saturated heterocycles. The van der Waals surface area contributed by atoms with Gasteiger partial charge in [0.15, 0.2) is 6.29 Å². The normalized spacial score (nSPS) is 10.2. The summed E-state index contributed by atoms with van der Waals surface area (Å²) >= 11 is 12.2. The molecule has 2 rings (SSSR count). The summed E-state index contributed by atoms with van der Waals surface area (Å²) in [6.07, 6.45) is 0.688. The van der Waals surface area contributed by atoms with Gasteiger partial charge in [-0.2, -0.15) is 0 Å². The van der Waals surface area contributed by atoms with E-state index in [1.54, 1.807) is 31.4 Å². The van der Waals surface area contributed by atoms with Gasteiger partial charge in [0.2, 0.25) is 0 Å². The number of hydrogen-bond donors (Lipinski definition) is 0. The fraction of sp³-hybridized carbons (Fsp3) is 0.133. The Hall–Kier alpha value is -1.71. The average Bonchev–Trinajstić information content (AvgIpc) is 2.47. The monoisotopic (exact) mass is 310 g/mol. The highest BCUT2D eigenvalue weighted by atomic mass is 35.5. The smallest absolute Gasteiger partial charge is 0.151 e. The summed E-state index contributed by atoms with van der Waals surface area (Å²) in [5.74, 6) is 1.02. The van der Waals surface area contributed by atoms with Crippen molar-refractivity contribution in [1.82, 2.24) is 0 Å². The molecule has 0 N–H and O–H groups in total. The van der Waals surface area contributed by atoms with Crippen molar-refractivity contribution in [3.05, 3.63) is 57.6 Å². The molecule has 0 aliphatic heterocycles. The van der Waals surface area contributed by atoms with E-state index in [0.29, 0.717) is 33.4 Å². The second-order valence-corrected chi connectivity index (χ2v) is 4.76. The lowest BCUT2D eigenvalue weighted by Crippen LogP contribution is -1.99. The second kappa shape index (κ2) is 6.64. The van der Waals surface area contributed by atoms with Crippen LogP contribution in [-0.4, -0.2) is 13.4 Å². The minimum Gasteiger partial charge on any atom is -0.495 e. The lowest BCUT2D eigenvalue weighted by Gasteiger charge is -2.11. The number of aldehydes is 1. The fourth-order valence-electron chi connectivity index (χ4n) is 1.71. The van der Waals surface area contributed by atoms with Gasteiger partial charge >= 0.3 is 0 Å².